The van der Waals surface area contributed by atoms with Crippen molar-refractivity contribution in [3.05, 3.63) is 88.0 Å². The van der Waals surface area contributed by atoms with Gasteiger partial charge in [-0.2, -0.15) is 5.10 Å². The number of carbonyl (C=O) groups excluding carboxylic acids is 1. The number of fused-ring (bicyclic) bond motifs is 1. The molecule has 0 unspecified atom stereocenters. The van der Waals surface area contributed by atoms with Crippen molar-refractivity contribution in [1.82, 2.24) is 30.0 Å². The van der Waals surface area contributed by atoms with Gasteiger partial charge >= 0.3 is 0 Å². The van der Waals surface area contributed by atoms with Gasteiger partial charge in [0.15, 0.2) is 17.4 Å². The zero-order chi connectivity index (χ0) is 27.7. The molecule has 0 aliphatic rings. The molecule has 9 nitrogen and oxygen atoms in total. The highest BCUT2D eigenvalue weighted by molar-refractivity contribution is 6.31. The number of oxazole rings is 1. The van der Waals surface area contributed by atoms with Gasteiger partial charge in [0.2, 0.25) is 0 Å². The quantitative estimate of drug-likeness (QED) is 0.249. The van der Waals surface area contributed by atoms with E-state index in [0.29, 0.717) is 23.2 Å². The van der Waals surface area contributed by atoms with Crippen LogP contribution in [0.1, 0.15) is 58.7 Å². The Morgan fingerprint density at radius 1 is 1.18 bits per heavy atom. The zero-order valence-electron chi connectivity index (χ0n) is 22.4. The predicted octanol–water partition coefficient (Wildman–Crippen LogP) is 6.15. The van der Waals surface area contributed by atoms with Gasteiger partial charge in [0.05, 0.1) is 6.04 Å². The molecule has 0 aliphatic heterocycles. The van der Waals surface area contributed by atoms with E-state index in [2.05, 4.69) is 20.4 Å². The van der Waals surface area contributed by atoms with Gasteiger partial charge in [-0.25, -0.2) is 19.6 Å². The van der Waals surface area contributed by atoms with E-state index in [9.17, 15) is 4.79 Å². The zero-order valence-corrected chi connectivity index (χ0v) is 23.2. The number of hydrogen-bond donors (Lipinski definition) is 1. The molecular weight excluding hydrogens is 516 g/mol. The Bertz CT molecular complexity index is 1680. The summed E-state index contributed by atoms with van der Waals surface area (Å²) in [5.74, 6) is 1.50. The van der Waals surface area contributed by atoms with E-state index >= 15 is 0 Å². The smallest absolute Gasteiger partial charge is 0.273 e. The van der Waals surface area contributed by atoms with Crippen molar-refractivity contribution in [2.45, 2.75) is 53.8 Å². The van der Waals surface area contributed by atoms with Crippen LogP contribution in [0.5, 0.6) is 5.75 Å². The van der Waals surface area contributed by atoms with Crippen LogP contribution in [0.2, 0.25) is 5.02 Å². The molecule has 1 amide bonds. The fourth-order valence-electron chi connectivity index (χ4n) is 4.66. The standard InChI is InChI=1S/C29H29ClN6O3/c1-6-36-28(31-15-32-36)22-12-17(3)33-27-20(22)8-7-9-26(27)39-13-23-21(10-16(2)11-24(23)30)18(4)34-29(37)25-14-38-19(5)35-25/h7-12,14-15,18H,6,13H2,1-5H3,(H,34,37)/t18-/m0/s1. The van der Waals surface area contributed by atoms with Crippen LogP contribution in [0, 0.1) is 20.8 Å². The molecule has 0 bridgehead atoms. The van der Waals surface area contributed by atoms with Crippen molar-refractivity contribution >= 4 is 28.4 Å². The number of rotatable bonds is 8. The maximum atomic E-state index is 12.7. The highest BCUT2D eigenvalue weighted by Crippen LogP contribution is 2.34. The number of para-hydroxylation sites is 1. The van der Waals surface area contributed by atoms with Crippen molar-refractivity contribution in [1.29, 1.82) is 0 Å². The Morgan fingerprint density at radius 3 is 2.74 bits per heavy atom. The summed E-state index contributed by atoms with van der Waals surface area (Å²) in [4.78, 5) is 26.1. The Kier molecular flexibility index (Phi) is 7.34. The van der Waals surface area contributed by atoms with Crippen LogP contribution in [-0.4, -0.2) is 30.6 Å². The molecule has 0 saturated heterocycles. The monoisotopic (exact) mass is 544 g/mol. The predicted molar refractivity (Wildman–Crippen MR) is 149 cm³/mol. The number of carbonyl (C=O) groups is 1. The number of nitrogens with one attached hydrogen (secondary N) is 1. The molecule has 3 heterocycles. The molecule has 0 spiro atoms. The van der Waals surface area contributed by atoms with E-state index in [1.54, 1.807) is 13.3 Å². The molecule has 3 aromatic heterocycles. The second-order valence-electron chi connectivity index (χ2n) is 9.41. The van der Waals surface area contributed by atoms with Gasteiger partial charge < -0.3 is 14.5 Å². The van der Waals surface area contributed by atoms with E-state index in [1.807, 2.05) is 68.8 Å². The van der Waals surface area contributed by atoms with E-state index in [-0.39, 0.29) is 24.2 Å². The van der Waals surface area contributed by atoms with Gasteiger partial charge in [-0.15, -0.1) is 0 Å². The normalized spacial score (nSPS) is 12.1. The van der Waals surface area contributed by atoms with Gasteiger partial charge in [0.25, 0.3) is 5.91 Å². The summed E-state index contributed by atoms with van der Waals surface area (Å²) in [6.07, 6.45) is 2.91. The number of pyridine rings is 1. The molecule has 1 N–H and O–H groups in total. The Hall–Kier alpha value is -4.24. The first-order valence-electron chi connectivity index (χ1n) is 12.7. The lowest BCUT2D eigenvalue weighted by Gasteiger charge is -2.20. The van der Waals surface area contributed by atoms with Crippen molar-refractivity contribution < 1.29 is 13.9 Å². The highest BCUT2D eigenvalue weighted by atomic mass is 35.5. The SMILES string of the molecule is CCn1ncnc1-c1cc(C)nc2c(OCc3c(Cl)cc(C)cc3[C@H](C)NC(=O)c3coc(C)n3)cccc12. The minimum absolute atomic E-state index is 0.187. The number of benzene rings is 2. The third kappa shape index (κ3) is 5.35. The van der Waals surface area contributed by atoms with Gasteiger partial charge in [0, 0.05) is 40.7 Å². The first kappa shape index (κ1) is 26.4. The van der Waals surface area contributed by atoms with Gasteiger partial charge in [-0.1, -0.05) is 29.8 Å². The summed E-state index contributed by atoms with van der Waals surface area (Å²) in [5.41, 5.74) is 5.35. The van der Waals surface area contributed by atoms with E-state index in [0.717, 1.165) is 44.7 Å². The van der Waals surface area contributed by atoms with Crippen molar-refractivity contribution in [3.63, 3.8) is 0 Å². The van der Waals surface area contributed by atoms with Crippen LogP contribution >= 0.6 is 11.6 Å². The number of hydrogen-bond acceptors (Lipinski definition) is 7. The molecule has 5 rings (SSSR count). The van der Waals surface area contributed by atoms with Gasteiger partial charge in [-0.3, -0.25) is 4.79 Å². The molecule has 0 radical (unpaired) electrons. The number of nitrogens with zero attached hydrogens (tertiary/aromatic N) is 5. The lowest BCUT2D eigenvalue weighted by molar-refractivity contribution is 0.0934. The van der Waals surface area contributed by atoms with Crippen LogP contribution in [-0.2, 0) is 13.2 Å². The summed E-state index contributed by atoms with van der Waals surface area (Å²) >= 11 is 6.72. The fraction of sp³-hybridized carbons (Fsp3) is 0.276. The van der Waals surface area contributed by atoms with E-state index in [4.69, 9.17) is 25.7 Å². The highest BCUT2D eigenvalue weighted by Gasteiger charge is 2.20. The third-order valence-electron chi connectivity index (χ3n) is 6.50. The maximum Gasteiger partial charge on any atom is 0.273 e. The topological polar surface area (TPSA) is 108 Å². The molecule has 5 aromatic rings. The van der Waals surface area contributed by atoms with Crippen molar-refractivity contribution in [2.24, 2.45) is 0 Å². The van der Waals surface area contributed by atoms with Crippen LogP contribution in [0.3, 0.4) is 0 Å². The van der Waals surface area contributed by atoms with Gasteiger partial charge in [0.1, 0.15) is 30.5 Å². The van der Waals surface area contributed by atoms with Crippen LogP contribution in [0.15, 0.2) is 53.4 Å². The minimum atomic E-state index is -0.356. The molecule has 0 aliphatic carbocycles. The Labute approximate surface area is 231 Å². The molecule has 200 valence electrons. The first-order valence-corrected chi connectivity index (χ1v) is 13.1. The number of aromatic nitrogens is 5. The Morgan fingerprint density at radius 2 is 2.00 bits per heavy atom. The average Bonchev–Trinajstić information content (AvgIpc) is 3.56. The lowest BCUT2D eigenvalue weighted by Crippen LogP contribution is -2.28. The van der Waals surface area contributed by atoms with E-state index in [1.165, 1.54) is 6.26 Å². The molecule has 39 heavy (non-hydrogen) atoms. The largest absolute Gasteiger partial charge is 0.487 e. The third-order valence-corrected chi connectivity index (χ3v) is 6.84. The molecule has 0 fully saturated rings. The molecule has 1 atom stereocenters. The number of amides is 1. The number of aryl methyl sites for hydroxylation is 4. The molecule has 0 saturated carbocycles. The van der Waals surface area contributed by atoms with Crippen LogP contribution in [0.4, 0.5) is 0 Å². The summed E-state index contributed by atoms with van der Waals surface area (Å²) in [7, 11) is 0. The minimum Gasteiger partial charge on any atom is -0.487 e. The van der Waals surface area contributed by atoms with Crippen LogP contribution < -0.4 is 10.1 Å². The Balaban J connectivity index is 1.47. The summed E-state index contributed by atoms with van der Waals surface area (Å²) in [6, 6.07) is 11.4. The molecule has 2 aromatic carbocycles. The van der Waals surface area contributed by atoms with Crippen molar-refractivity contribution in [3.8, 4) is 17.1 Å². The first-order chi connectivity index (χ1) is 18.7. The average molecular weight is 545 g/mol. The second-order valence-corrected chi connectivity index (χ2v) is 9.82. The van der Waals surface area contributed by atoms with Gasteiger partial charge in [-0.05, 0) is 57.0 Å². The van der Waals surface area contributed by atoms with E-state index < -0.39 is 0 Å². The molecular formula is C29H29ClN6O3. The summed E-state index contributed by atoms with van der Waals surface area (Å²) in [6.45, 7) is 10.4. The lowest BCUT2D eigenvalue weighted by atomic mass is 9.99. The number of halogens is 1. The van der Waals surface area contributed by atoms with Crippen molar-refractivity contribution in [2.75, 3.05) is 0 Å². The fourth-order valence-corrected chi connectivity index (χ4v) is 5.00. The molecule has 10 heteroatoms. The number of ether oxygens (including phenoxy) is 1. The maximum absolute atomic E-state index is 12.7. The summed E-state index contributed by atoms with van der Waals surface area (Å²) < 4.78 is 13.4. The second kappa shape index (κ2) is 10.9. The van der Waals surface area contributed by atoms with Crippen LogP contribution in [0.25, 0.3) is 22.3 Å². The summed E-state index contributed by atoms with van der Waals surface area (Å²) in [5, 5.41) is 8.79.